The molecular formula is C17H9Cl2N5OS2. The zero-order valence-corrected chi connectivity index (χ0v) is 16.6. The van der Waals surface area contributed by atoms with Crippen LogP contribution in [0.25, 0.3) is 11.4 Å². The first-order valence-electron chi connectivity index (χ1n) is 7.60. The Morgan fingerprint density at radius 2 is 2.11 bits per heavy atom. The molecule has 0 bridgehead atoms. The fourth-order valence-electron chi connectivity index (χ4n) is 2.41. The fourth-order valence-corrected chi connectivity index (χ4v) is 4.68. The molecular weight excluding hydrogens is 425 g/mol. The van der Waals surface area contributed by atoms with E-state index in [1.165, 1.54) is 11.8 Å². The Morgan fingerprint density at radius 3 is 2.85 bits per heavy atom. The van der Waals surface area contributed by atoms with Crippen molar-refractivity contribution in [2.75, 3.05) is 0 Å². The van der Waals surface area contributed by atoms with Gasteiger partial charge in [-0.15, -0.1) is 10.2 Å². The standard InChI is InChI=1S/C17H9Cl2N5OS2/c18-11-4-1-3-10(7-11)15-21-22-17(24(15)9-12-5-2-6-25-12)26-16-13(8-20)14(19)23-27-16/h1-7H,9H2. The number of furan rings is 1. The molecule has 0 fully saturated rings. The van der Waals surface area contributed by atoms with Gasteiger partial charge in [-0.25, -0.2) is 0 Å². The predicted molar refractivity (Wildman–Crippen MR) is 104 cm³/mol. The van der Waals surface area contributed by atoms with Gasteiger partial charge in [0.15, 0.2) is 16.1 Å². The molecule has 134 valence electrons. The lowest BCUT2D eigenvalue weighted by atomic mass is 10.2. The molecule has 0 aliphatic carbocycles. The maximum Gasteiger partial charge on any atom is 0.197 e. The highest BCUT2D eigenvalue weighted by atomic mass is 35.5. The molecule has 4 rings (SSSR count). The molecule has 10 heteroatoms. The van der Waals surface area contributed by atoms with Crippen LogP contribution in [0.15, 0.2) is 56.4 Å². The quantitative estimate of drug-likeness (QED) is 0.420. The summed E-state index contributed by atoms with van der Waals surface area (Å²) in [6, 6.07) is 13.2. The monoisotopic (exact) mass is 433 g/mol. The van der Waals surface area contributed by atoms with Crippen LogP contribution in [0.4, 0.5) is 0 Å². The van der Waals surface area contributed by atoms with Crippen LogP contribution < -0.4 is 0 Å². The van der Waals surface area contributed by atoms with E-state index in [-0.39, 0.29) is 5.15 Å². The van der Waals surface area contributed by atoms with Gasteiger partial charge in [0.05, 0.1) is 12.8 Å². The lowest BCUT2D eigenvalue weighted by Gasteiger charge is -2.08. The summed E-state index contributed by atoms with van der Waals surface area (Å²) in [5.41, 5.74) is 1.17. The SMILES string of the molecule is N#Cc1c(Cl)nsc1Sc1nnc(-c2cccc(Cl)c2)n1Cc1ccco1. The highest BCUT2D eigenvalue weighted by molar-refractivity contribution is 8.01. The van der Waals surface area contributed by atoms with Crippen LogP contribution in [0, 0.1) is 11.3 Å². The third-order valence-corrected chi connectivity index (χ3v) is 6.21. The second-order valence-electron chi connectivity index (χ2n) is 5.33. The molecule has 0 aliphatic rings. The Hall–Kier alpha value is -2.31. The van der Waals surface area contributed by atoms with Gasteiger partial charge in [-0.1, -0.05) is 35.3 Å². The number of nitrogens with zero attached hydrogens (tertiary/aromatic N) is 5. The van der Waals surface area contributed by atoms with E-state index in [0.29, 0.717) is 32.3 Å². The van der Waals surface area contributed by atoms with Gasteiger partial charge in [-0.05, 0) is 47.6 Å². The third-order valence-electron chi connectivity index (χ3n) is 3.61. The number of benzene rings is 1. The van der Waals surface area contributed by atoms with Gasteiger partial charge in [0.2, 0.25) is 0 Å². The topological polar surface area (TPSA) is 80.5 Å². The minimum atomic E-state index is 0.192. The Kier molecular flexibility index (Phi) is 5.18. The van der Waals surface area contributed by atoms with Crippen LogP contribution in [0.1, 0.15) is 11.3 Å². The molecule has 0 saturated heterocycles. The van der Waals surface area contributed by atoms with Gasteiger partial charge in [0, 0.05) is 10.6 Å². The molecule has 1 aromatic carbocycles. The van der Waals surface area contributed by atoms with Crippen LogP contribution in [0.3, 0.4) is 0 Å². The summed E-state index contributed by atoms with van der Waals surface area (Å²) in [6.45, 7) is 0.429. The zero-order valence-electron chi connectivity index (χ0n) is 13.5. The van der Waals surface area contributed by atoms with Crippen molar-refractivity contribution in [3.63, 3.8) is 0 Å². The maximum atomic E-state index is 9.30. The van der Waals surface area contributed by atoms with Gasteiger partial charge < -0.3 is 4.42 Å². The van der Waals surface area contributed by atoms with E-state index in [1.807, 2.05) is 34.9 Å². The lowest BCUT2D eigenvalue weighted by Crippen LogP contribution is -2.03. The third kappa shape index (κ3) is 3.73. The molecule has 0 aliphatic heterocycles. The van der Waals surface area contributed by atoms with Crippen LogP contribution >= 0.6 is 46.5 Å². The summed E-state index contributed by atoms with van der Waals surface area (Å²) in [4.78, 5) is 0. The minimum absolute atomic E-state index is 0.192. The molecule has 0 atom stereocenters. The van der Waals surface area contributed by atoms with Crippen molar-refractivity contribution < 1.29 is 4.42 Å². The largest absolute Gasteiger partial charge is 0.467 e. The number of nitriles is 1. The Labute approximate surface area is 172 Å². The first-order valence-corrected chi connectivity index (χ1v) is 9.95. The van der Waals surface area contributed by atoms with E-state index in [4.69, 9.17) is 27.6 Å². The van der Waals surface area contributed by atoms with E-state index in [0.717, 1.165) is 22.9 Å². The van der Waals surface area contributed by atoms with Crippen molar-refractivity contribution in [1.82, 2.24) is 19.1 Å². The smallest absolute Gasteiger partial charge is 0.197 e. The number of hydrogen-bond acceptors (Lipinski definition) is 7. The van der Waals surface area contributed by atoms with Gasteiger partial charge in [-0.2, -0.15) is 9.64 Å². The van der Waals surface area contributed by atoms with E-state index in [1.54, 1.807) is 12.3 Å². The minimum Gasteiger partial charge on any atom is -0.467 e. The molecule has 6 nitrogen and oxygen atoms in total. The van der Waals surface area contributed by atoms with E-state index < -0.39 is 0 Å². The second kappa shape index (κ2) is 7.74. The molecule has 4 aromatic rings. The summed E-state index contributed by atoms with van der Waals surface area (Å²) < 4.78 is 12.1. The van der Waals surface area contributed by atoms with Crippen LogP contribution in [-0.4, -0.2) is 19.1 Å². The normalized spacial score (nSPS) is 10.9. The van der Waals surface area contributed by atoms with Gasteiger partial charge in [-0.3, -0.25) is 4.57 Å². The van der Waals surface area contributed by atoms with Crippen molar-refractivity contribution in [1.29, 1.82) is 5.26 Å². The Balaban J connectivity index is 1.78. The first-order chi connectivity index (χ1) is 13.2. The van der Waals surface area contributed by atoms with Gasteiger partial charge in [0.1, 0.15) is 21.6 Å². The summed E-state index contributed by atoms with van der Waals surface area (Å²) in [6.07, 6.45) is 1.61. The number of hydrogen-bond donors (Lipinski definition) is 0. The van der Waals surface area contributed by atoms with Crippen LogP contribution in [0.5, 0.6) is 0 Å². The van der Waals surface area contributed by atoms with E-state index >= 15 is 0 Å². The average Bonchev–Trinajstić information content (AvgIpc) is 3.38. The molecule has 27 heavy (non-hydrogen) atoms. The highest BCUT2D eigenvalue weighted by Gasteiger charge is 2.20. The predicted octanol–water partition coefficient (Wildman–Crippen LogP) is 5.37. The van der Waals surface area contributed by atoms with E-state index in [2.05, 4.69) is 20.6 Å². The van der Waals surface area contributed by atoms with Crippen molar-refractivity contribution in [2.24, 2.45) is 0 Å². The van der Waals surface area contributed by atoms with Crippen molar-refractivity contribution in [2.45, 2.75) is 15.9 Å². The number of aromatic nitrogens is 4. The Morgan fingerprint density at radius 1 is 1.22 bits per heavy atom. The zero-order chi connectivity index (χ0) is 18.8. The molecule has 0 N–H and O–H groups in total. The van der Waals surface area contributed by atoms with E-state index in [9.17, 15) is 5.26 Å². The average molecular weight is 434 g/mol. The highest BCUT2D eigenvalue weighted by Crippen LogP contribution is 2.37. The summed E-state index contributed by atoms with van der Waals surface area (Å²) >= 11 is 14.6. The van der Waals surface area contributed by atoms with Crippen molar-refractivity contribution in [3.8, 4) is 17.5 Å². The van der Waals surface area contributed by atoms with Crippen LogP contribution in [0.2, 0.25) is 10.2 Å². The lowest BCUT2D eigenvalue weighted by molar-refractivity contribution is 0.485. The molecule has 0 unspecified atom stereocenters. The maximum absolute atomic E-state index is 9.30. The molecule has 0 spiro atoms. The molecule has 3 aromatic heterocycles. The summed E-state index contributed by atoms with van der Waals surface area (Å²) in [5, 5.41) is 19.3. The molecule has 0 saturated carbocycles. The number of rotatable bonds is 5. The Bertz CT molecular complexity index is 1130. The van der Waals surface area contributed by atoms with Crippen molar-refractivity contribution in [3.05, 3.63) is 64.2 Å². The fraction of sp³-hybridized carbons (Fsp3) is 0.0588. The van der Waals surface area contributed by atoms with Gasteiger partial charge in [0.25, 0.3) is 0 Å². The first kappa shape index (κ1) is 18.1. The van der Waals surface area contributed by atoms with Crippen LogP contribution in [-0.2, 0) is 6.54 Å². The summed E-state index contributed by atoms with van der Waals surface area (Å²) in [5.74, 6) is 1.40. The number of halogens is 2. The molecule has 0 amide bonds. The van der Waals surface area contributed by atoms with Crippen molar-refractivity contribution >= 4 is 46.5 Å². The second-order valence-corrected chi connectivity index (χ2v) is 8.14. The van der Waals surface area contributed by atoms with Gasteiger partial charge >= 0.3 is 0 Å². The molecule has 3 heterocycles. The summed E-state index contributed by atoms with van der Waals surface area (Å²) in [7, 11) is 0. The molecule has 0 radical (unpaired) electrons.